The van der Waals surface area contributed by atoms with Crippen molar-refractivity contribution in [2.45, 2.75) is 16.4 Å². The quantitative estimate of drug-likeness (QED) is 0.273. The Labute approximate surface area is 216 Å². The number of rotatable bonds is 4. The number of nitrogens with zero attached hydrogens (tertiary/aromatic N) is 1. The molecule has 176 valence electrons. The molecule has 3 aliphatic carbocycles. The summed E-state index contributed by atoms with van der Waals surface area (Å²) in [6, 6.07) is 21.7. The lowest BCUT2D eigenvalue weighted by Gasteiger charge is -2.54. The number of esters is 1. The Hall–Kier alpha value is -2.86. The van der Waals surface area contributed by atoms with Crippen LogP contribution in [0.15, 0.2) is 72.8 Å². The van der Waals surface area contributed by atoms with Gasteiger partial charge in [0.2, 0.25) is 11.8 Å². The average molecular weight is 527 g/mol. The number of benzene rings is 3. The summed E-state index contributed by atoms with van der Waals surface area (Å²) in [4.78, 5) is 38.5. The molecule has 0 spiro atoms. The third-order valence-corrected chi connectivity index (χ3v) is 8.96. The monoisotopic (exact) mass is 525 g/mol. The first kappa shape index (κ1) is 22.6. The number of carbonyl (C=O) groups excluding carboxylic acids is 3. The Morgan fingerprint density at radius 1 is 0.771 bits per heavy atom. The van der Waals surface area contributed by atoms with E-state index in [0.29, 0.717) is 32.8 Å². The minimum atomic E-state index is -1.28. The largest absolute Gasteiger partial charge is 0.459 e. The zero-order chi connectivity index (χ0) is 24.5. The number of halogens is 3. The molecular weight excluding hydrogens is 509 g/mol. The van der Waals surface area contributed by atoms with Gasteiger partial charge in [0, 0.05) is 10.6 Å². The van der Waals surface area contributed by atoms with Crippen molar-refractivity contribution in [3.05, 3.63) is 106 Å². The van der Waals surface area contributed by atoms with Crippen molar-refractivity contribution in [3.63, 3.8) is 0 Å². The minimum Gasteiger partial charge on any atom is -0.459 e. The highest BCUT2D eigenvalue weighted by Gasteiger charge is 2.73. The highest BCUT2D eigenvalue weighted by atomic mass is 35.5. The summed E-state index contributed by atoms with van der Waals surface area (Å²) in [6.45, 7) is -0.598. The summed E-state index contributed by atoms with van der Waals surface area (Å²) >= 11 is 20.8. The molecule has 0 aromatic heterocycles. The summed E-state index contributed by atoms with van der Waals surface area (Å²) in [5.74, 6) is -3.68. The van der Waals surface area contributed by atoms with Crippen LogP contribution < -0.4 is 0 Å². The molecule has 2 bridgehead atoms. The summed E-state index contributed by atoms with van der Waals surface area (Å²) in [5.41, 5.74) is 3.46. The van der Waals surface area contributed by atoms with Gasteiger partial charge in [-0.2, -0.15) is 0 Å². The molecule has 0 saturated carbocycles. The first-order valence-corrected chi connectivity index (χ1v) is 12.2. The summed E-state index contributed by atoms with van der Waals surface area (Å²) in [6.07, 6.45) is 0. The Balaban J connectivity index is 1.36. The fourth-order valence-electron chi connectivity index (χ4n) is 5.83. The van der Waals surface area contributed by atoms with Gasteiger partial charge in [-0.15, -0.1) is 23.2 Å². The Morgan fingerprint density at radius 3 is 1.66 bits per heavy atom. The zero-order valence-corrected chi connectivity index (χ0v) is 20.5. The van der Waals surface area contributed by atoms with Gasteiger partial charge in [0.15, 0.2) is 0 Å². The van der Waals surface area contributed by atoms with Gasteiger partial charge in [0.05, 0.1) is 11.8 Å². The summed E-state index contributed by atoms with van der Waals surface area (Å²) in [7, 11) is 0. The van der Waals surface area contributed by atoms with Crippen molar-refractivity contribution in [3.8, 4) is 0 Å². The second-order valence-electron chi connectivity index (χ2n) is 8.98. The molecule has 7 rings (SSSR count). The van der Waals surface area contributed by atoms with Gasteiger partial charge < -0.3 is 4.74 Å². The van der Waals surface area contributed by atoms with Crippen molar-refractivity contribution in [2.75, 3.05) is 6.54 Å². The number of carbonyl (C=O) groups is 3. The number of amides is 2. The van der Waals surface area contributed by atoms with Gasteiger partial charge >= 0.3 is 5.97 Å². The van der Waals surface area contributed by atoms with Gasteiger partial charge in [0.25, 0.3) is 0 Å². The van der Waals surface area contributed by atoms with Crippen molar-refractivity contribution < 1.29 is 19.1 Å². The molecule has 1 fully saturated rings. The number of hydrogen-bond donors (Lipinski definition) is 0. The van der Waals surface area contributed by atoms with E-state index in [4.69, 9.17) is 39.5 Å². The molecule has 4 aliphatic rings. The van der Waals surface area contributed by atoms with E-state index in [1.165, 1.54) is 0 Å². The lowest BCUT2D eigenvalue weighted by Crippen LogP contribution is -2.57. The van der Waals surface area contributed by atoms with E-state index in [9.17, 15) is 14.4 Å². The highest BCUT2D eigenvalue weighted by Crippen LogP contribution is 2.69. The third-order valence-electron chi connectivity index (χ3n) is 7.31. The van der Waals surface area contributed by atoms with Crippen LogP contribution in [0.3, 0.4) is 0 Å². The van der Waals surface area contributed by atoms with Crippen LogP contribution in [0.1, 0.15) is 27.8 Å². The highest BCUT2D eigenvalue weighted by molar-refractivity contribution is 6.36. The Kier molecular flexibility index (Phi) is 5.05. The van der Waals surface area contributed by atoms with Crippen LogP contribution in [0.2, 0.25) is 5.02 Å². The van der Waals surface area contributed by atoms with Gasteiger partial charge in [-0.25, -0.2) is 0 Å². The number of alkyl halides is 2. The van der Waals surface area contributed by atoms with Crippen LogP contribution in [-0.4, -0.2) is 29.2 Å². The molecule has 5 nitrogen and oxygen atoms in total. The van der Waals surface area contributed by atoms with Crippen molar-refractivity contribution >= 4 is 52.6 Å². The maximum absolute atomic E-state index is 13.7. The topological polar surface area (TPSA) is 63.7 Å². The second kappa shape index (κ2) is 7.82. The molecule has 0 unspecified atom stereocenters. The molecule has 2 atom stereocenters. The van der Waals surface area contributed by atoms with Gasteiger partial charge in [0.1, 0.15) is 22.9 Å². The molecule has 3 aromatic carbocycles. The van der Waals surface area contributed by atoms with Gasteiger partial charge in [-0.3, -0.25) is 19.3 Å². The van der Waals surface area contributed by atoms with Crippen molar-refractivity contribution in [1.82, 2.24) is 4.90 Å². The second-order valence-corrected chi connectivity index (χ2v) is 10.6. The molecular formula is C27H18Cl3NO4. The lowest BCUT2D eigenvalue weighted by atomic mass is 9.54. The van der Waals surface area contributed by atoms with E-state index in [1.807, 2.05) is 48.5 Å². The fourth-order valence-corrected chi connectivity index (χ4v) is 7.12. The Bertz CT molecular complexity index is 1300. The lowest BCUT2D eigenvalue weighted by molar-refractivity contribution is -0.153. The molecule has 3 aromatic rings. The van der Waals surface area contributed by atoms with Crippen LogP contribution in [0.4, 0.5) is 0 Å². The maximum Gasteiger partial charge on any atom is 0.326 e. The maximum atomic E-state index is 13.7. The van der Waals surface area contributed by atoms with E-state index in [1.54, 1.807) is 24.3 Å². The van der Waals surface area contributed by atoms with Crippen LogP contribution >= 0.6 is 34.8 Å². The van der Waals surface area contributed by atoms with Crippen molar-refractivity contribution in [1.29, 1.82) is 0 Å². The normalized spacial score (nSPS) is 27.9. The predicted molar refractivity (Wildman–Crippen MR) is 131 cm³/mol. The number of ether oxygens (including phenoxy) is 1. The smallest absolute Gasteiger partial charge is 0.326 e. The average Bonchev–Trinajstić information content (AvgIpc) is 3.13. The number of likely N-dealkylation sites (tertiary alicyclic amines) is 1. The summed E-state index contributed by atoms with van der Waals surface area (Å²) in [5, 5.41) is 0.458. The molecule has 35 heavy (non-hydrogen) atoms. The summed E-state index contributed by atoms with van der Waals surface area (Å²) < 4.78 is 5.33. The molecule has 1 aliphatic heterocycles. The van der Waals surface area contributed by atoms with Crippen LogP contribution in [-0.2, 0) is 35.5 Å². The number of imide groups is 1. The first-order chi connectivity index (χ1) is 16.8. The first-order valence-electron chi connectivity index (χ1n) is 11.1. The minimum absolute atomic E-state index is 0.0721. The van der Waals surface area contributed by atoms with Crippen LogP contribution in [0.5, 0.6) is 0 Å². The van der Waals surface area contributed by atoms with Gasteiger partial charge in [-0.05, 0) is 28.3 Å². The molecule has 0 N–H and O–H groups in total. The van der Waals surface area contributed by atoms with E-state index in [0.717, 1.165) is 4.90 Å². The van der Waals surface area contributed by atoms with E-state index in [2.05, 4.69) is 0 Å². The predicted octanol–water partition coefficient (Wildman–Crippen LogP) is 4.98. The third kappa shape index (κ3) is 2.92. The molecule has 0 radical (unpaired) electrons. The zero-order valence-electron chi connectivity index (χ0n) is 18.2. The van der Waals surface area contributed by atoms with E-state index in [-0.39, 0.29) is 6.61 Å². The standard InChI is InChI=1S/C27H18Cl3NO4/c28-20-12-6-1-7-15(20)14-35-21(32)13-31-24(33)22-23(25(31)34)27(30)17-9-3-2-8-16(17)26(22,29)18-10-4-5-11-19(18)27/h1-12,22-23H,13-14H2/t22-,23-,26?,27?/m1/s1. The Morgan fingerprint density at radius 2 is 1.20 bits per heavy atom. The van der Waals surface area contributed by atoms with Crippen LogP contribution in [0.25, 0.3) is 0 Å². The van der Waals surface area contributed by atoms with Crippen molar-refractivity contribution in [2.24, 2.45) is 11.8 Å². The SMILES string of the molecule is O=C(CN1C(=O)[C@H]2[C@H](C1=O)C1(Cl)c3ccccc3C2(Cl)c2ccccc21)OCc1ccccc1Cl. The molecule has 8 heteroatoms. The number of hydrogen-bond acceptors (Lipinski definition) is 4. The molecule has 1 heterocycles. The van der Waals surface area contributed by atoms with E-state index >= 15 is 0 Å². The molecule has 1 saturated heterocycles. The van der Waals surface area contributed by atoms with E-state index < -0.39 is 45.9 Å². The fraction of sp³-hybridized carbons (Fsp3) is 0.222. The van der Waals surface area contributed by atoms with Crippen LogP contribution in [0, 0.1) is 11.8 Å². The molecule has 2 amide bonds. The van der Waals surface area contributed by atoms with Gasteiger partial charge in [-0.1, -0.05) is 78.3 Å².